The van der Waals surface area contributed by atoms with Gasteiger partial charge in [-0.1, -0.05) is 63.2 Å². The summed E-state index contributed by atoms with van der Waals surface area (Å²) in [4.78, 5) is 59.1. The van der Waals surface area contributed by atoms with Crippen molar-refractivity contribution in [2.75, 3.05) is 11.9 Å². The average Bonchev–Trinajstić information content (AvgIpc) is 4.05. The molecular formula is C39H46ClF2N5O7S. The second-order valence-electron chi connectivity index (χ2n) is 16.6. The summed E-state index contributed by atoms with van der Waals surface area (Å²) in [5.41, 5.74) is -0.705. The second-order valence-corrected chi connectivity index (χ2v) is 19.0. The number of hydrogen-bond acceptors (Lipinski definition) is 8. The maximum absolute atomic E-state index is 14.7. The van der Waals surface area contributed by atoms with Gasteiger partial charge in [-0.15, -0.1) is 0 Å². The molecule has 2 aromatic carbocycles. The number of nitrogens with zero attached hydrogens (tertiary/aromatic N) is 2. The molecule has 296 valence electrons. The lowest BCUT2D eigenvalue weighted by Gasteiger charge is -2.36. The first-order valence-corrected chi connectivity index (χ1v) is 20.5. The fourth-order valence-corrected chi connectivity index (χ4v) is 9.44. The lowest BCUT2D eigenvalue weighted by Crippen LogP contribution is -2.58. The fourth-order valence-electron chi connectivity index (χ4n) is 7.82. The number of nitrogens with one attached hydrogen (secondary N) is 3. The van der Waals surface area contributed by atoms with Crippen LogP contribution >= 0.6 is 11.6 Å². The topological polar surface area (TPSA) is 154 Å². The Labute approximate surface area is 324 Å². The minimum atomic E-state index is -3.91. The number of anilines is 1. The van der Waals surface area contributed by atoms with Crippen LogP contribution in [0.1, 0.15) is 76.0 Å². The SMILES string of the molecule is C=CC(F)(F)c1cccc(NC(C(=O)N2CC(OC(=O)N3Cc4cccc(Cl)c4C3)CC2C(=O)NC2(C(=O)NS(=O)(=O)C3CC3)CC2C2CC2)C(C)(C)C)c1. The minimum Gasteiger partial charge on any atom is -0.444 e. The maximum Gasteiger partial charge on any atom is 0.410 e. The largest absolute Gasteiger partial charge is 0.444 e. The first kappa shape index (κ1) is 39.0. The minimum absolute atomic E-state index is 0.102. The zero-order valence-corrected chi connectivity index (χ0v) is 32.5. The monoisotopic (exact) mass is 801 g/mol. The van der Waals surface area contributed by atoms with Gasteiger partial charge in [-0.3, -0.25) is 24.0 Å². The molecule has 0 aromatic heterocycles. The summed E-state index contributed by atoms with van der Waals surface area (Å²) in [6, 6.07) is 8.60. The van der Waals surface area contributed by atoms with Crippen LogP contribution < -0.4 is 15.4 Å². The number of ether oxygens (including phenoxy) is 1. The molecule has 4 amide bonds. The Morgan fingerprint density at radius 2 is 1.76 bits per heavy atom. The standard InChI is InChI=1S/C39H46ClF2N5O7S/c1-5-39(41,42)24-9-7-10-25(16-24)43-32(37(2,3)4)34(49)47-20-26(54-36(51)46-19-23-8-6-11-30(40)28(23)21-46)17-31(47)33(48)44-38(18-29(38)22-12-13-22)35(50)45-55(52,53)27-14-15-27/h5-11,16,22,26-27,29,31-32,43H,1,12-15,17-21H2,2-4H3,(H,44,48)(H,45,50). The van der Waals surface area contributed by atoms with Crippen molar-refractivity contribution in [1.29, 1.82) is 0 Å². The smallest absolute Gasteiger partial charge is 0.410 e. The molecule has 2 aliphatic heterocycles. The Bertz CT molecular complexity index is 2040. The Kier molecular flexibility index (Phi) is 9.97. The van der Waals surface area contributed by atoms with Crippen LogP contribution in [0.3, 0.4) is 0 Å². The third-order valence-electron chi connectivity index (χ3n) is 11.4. The number of carbonyl (C=O) groups excluding carboxylic acids is 4. The van der Waals surface area contributed by atoms with E-state index in [9.17, 15) is 36.4 Å². The summed E-state index contributed by atoms with van der Waals surface area (Å²) in [6.45, 7) is 8.89. The quantitative estimate of drug-likeness (QED) is 0.239. The molecule has 16 heteroatoms. The van der Waals surface area contributed by atoms with Gasteiger partial charge < -0.3 is 20.3 Å². The average molecular weight is 802 g/mol. The Balaban J connectivity index is 1.15. The first-order valence-electron chi connectivity index (χ1n) is 18.6. The van der Waals surface area contributed by atoms with E-state index < -0.39 is 74.2 Å². The normalized spacial score (nSPS) is 25.5. The predicted molar refractivity (Wildman–Crippen MR) is 200 cm³/mol. The molecule has 3 saturated carbocycles. The van der Waals surface area contributed by atoms with Gasteiger partial charge in [0, 0.05) is 29.2 Å². The number of fused-ring (bicyclic) bond motifs is 1. The molecule has 2 heterocycles. The number of alkyl halides is 2. The molecule has 1 saturated heterocycles. The zero-order valence-electron chi connectivity index (χ0n) is 30.9. The highest BCUT2D eigenvalue weighted by molar-refractivity contribution is 7.91. The molecule has 55 heavy (non-hydrogen) atoms. The molecule has 5 unspecified atom stereocenters. The highest BCUT2D eigenvalue weighted by atomic mass is 35.5. The van der Waals surface area contributed by atoms with Gasteiger partial charge in [0.2, 0.25) is 21.8 Å². The van der Waals surface area contributed by atoms with Crippen LogP contribution in [0.15, 0.2) is 55.1 Å². The van der Waals surface area contributed by atoms with Gasteiger partial charge in [0.1, 0.15) is 23.7 Å². The van der Waals surface area contributed by atoms with Crippen molar-refractivity contribution in [3.05, 3.63) is 76.8 Å². The van der Waals surface area contributed by atoms with E-state index in [-0.39, 0.29) is 55.6 Å². The van der Waals surface area contributed by atoms with Crippen LogP contribution in [0.5, 0.6) is 0 Å². The van der Waals surface area contributed by atoms with E-state index in [1.54, 1.807) is 39.0 Å². The summed E-state index contributed by atoms with van der Waals surface area (Å²) in [5.74, 6) is -5.47. The van der Waals surface area contributed by atoms with Gasteiger partial charge in [-0.2, -0.15) is 8.78 Å². The Hall–Kier alpha value is -4.24. The number of sulfonamides is 1. The lowest BCUT2D eigenvalue weighted by molar-refractivity contribution is -0.141. The molecule has 0 spiro atoms. The van der Waals surface area contributed by atoms with Crippen LogP contribution in [0, 0.1) is 17.3 Å². The first-order chi connectivity index (χ1) is 25.8. The van der Waals surface area contributed by atoms with Gasteiger partial charge in [-0.25, -0.2) is 13.2 Å². The number of allylic oxidation sites excluding steroid dienone is 1. The van der Waals surface area contributed by atoms with Crippen LogP contribution in [0.25, 0.3) is 0 Å². The van der Waals surface area contributed by atoms with Crippen LogP contribution in [0.2, 0.25) is 5.02 Å². The van der Waals surface area contributed by atoms with Crippen LogP contribution in [-0.4, -0.2) is 77.6 Å². The lowest BCUT2D eigenvalue weighted by atomic mass is 9.85. The maximum atomic E-state index is 14.7. The molecule has 5 aliphatic rings. The van der Waals surface area contributed by atoms with Gasteiger partial charge in [0.25, 0.3) is 11.8 Å². The van der Waals surface area contributed by atoms with Gasteiger partial charge >= 0.3 is 6.09 Å². The van der Waals surface area contributed by atoms with E-state index in [1.165, 1.54) is 28.0 Å². The van der Waals surface area contributed by atoms with Crippen molar-refractivity contribution < 1.29 is 41.1 Å². The van der Waals surface area contributed by atoms with E-state index in [4.69, 9.17) is 16.3 Å². The Morgan fingerprint density at radius 3 is 2.40 bits per heavy atom. The number of halogens is 3. The van der Waals surface area contributed by atoms with E-state index in [1.807, 2.05) is 6.07 Å². The van der Waals surface area contributed by atoms with Crippen LogP contribution in [-0.2, 0) is 48.2 Å². The van der Waals surface area contributed by atoms with Gasteiger partial charge in [0.15, 0.2) is 0 Å². The van der Waals surface area contributed by atoms with E-state index in [2.05, 4.69) is 21.9 Å². The summed E-state index contributed by atoms with van der Waals surface area (Å²) in [5, 5.41) is 5.85. The molecule has 3 aliphatic carbocycles. The third-order valence-corrected chi connectivity index (χ3v) is 13.6. The zero-order chi connectivity index (χ0) is 39.7. The van der Waals surface area contributed by atoms with E-state index >= 15 is 0 Å². The molecule has 2 aromatic rings. The Morgan fingerprint density at radius 1 is 1.05 bits per heavy atom. The molecule has 7 rings (SSSR count). The third kappa shape index (κ3) is 7.91. The number of likely N-dealkylation sites (tertiary alicyclic amines) is 1. The molecule has 0 bridgehead atoms. The van der Waals surface area contributed by atoms with E-state index in [0.717, 1.165) is 24.0 Å². The summed E-state index contributed by atoms with van der Waals surface area (Å²) < 4.78 is 62.9. The molecule has 3 N–H and O–H groups in total. The summed E-state index contributed by atoms with van der Waals surface area (Å²) in [6.07, 6.45) is 1.70. The van der Waals surface area contributed by atoms with Crippen molar-refractivity contribution in [2.24, 2.45) is 17.3 Å². The molecule has 4 fully saturated rings. The number of amides is 4. The van der Waals surface area contributed by atoms with Gasteiger partial charge in [-0.05, 0) is 84.8 Å². The highest BCUT2D eigenvalue weighted by Crippen LogP contribution is 2.57. The molecule has 5 atom stereocenters. The molecule has 0 radical (unpaired) electrons. The second kappa shape index (κ2) is 14.1. The van der Waals surface area contributed by atoms with E-state index in [0.29, 0.717) is 23.9 Å². The summed E-state index contributed by atoms with van der Waals surface area (Å²) in [7, 11) is -3.91. The van der Waals surface area contributed by atoms with Crippen molar-refractivity contribution in [2.45, 2.75) is 107 Å². The van der Waals surface area contributed by atoms with Crippen molar-refractivity contribution in [3.8, 4) is 0 Å². The van der Waals surface area contributed by atoms with Crippen molar-refractivity contribution in [3.63, 3.8) is 0 Å². The number of hydrogen-bond donors (Lipinski definition) is 3. The molecular weight excluding hydrogens is 756 g/mol. The van der Waals surface area contributed by atoms with Crippen LogP contribution in [0.4, 0.5) is 19.3 Å². The predicted octanol–water partition coefficient (Wildman–Crippen LogP) is 5.46. The highest BCUT2D eigenvalue weighted by Gasteiger charge is 2.67. The number of benzene rings is 2. The summed E-state index contributed by atoms with van der Waals surface area (Å²) >= 11 is 6.37. The number of carbonyl (C=O) groups is 4. The molecule has 12 nitrogen and oxygen atoms in total. The fraction of sp³-hybridized carbons (Fsp3) is 0.538. The van der Waals surface area contributed by atoms with Crippen molar-refractivity contribution in [1.82, 2.24) is 19.8 Å². The van der Waals surface area contributed by atoms with Gasteiger partial charge in [0.05, 0.1) is 18.3 Å². The van der Waals surface area contributed by atoms with Crippen molar-refractivity contribution >= 4 is 51.1 Å². The number of rotatable bonds is 12.